The predicted molar refractivity (Wildman–Crippen MR) is 148 cm³/mol. The average Bonchev–Trinajstić information content (AvgIpc) is 3.35. The Morgan fingerprint density at radius 2 is 1.58 bits per heavy atom. The molecule has 0 spiro atoms. The minimum atomic E-state index is -0.323. The van der Waals surface area contributed by atoms with Gasteiger partial charge in [0.25, 0.3) is 5.56 Å². The van der Waals surface area contributed by atoms with Gasteiger partial charge in [-0.1, -0.05) is 42.5 Å². The van der Waals surface area contributed by atoms with Gasteiger partial charge in [-0.25, -0.2) is 19.7 Å². The van der Waals surface area contributed by atoms with Crippen molar-refractivity contribution in [2.45, 2.75) is 13.0 Å². The molecule has 1 fully saturated rings. The summed E-state index contributed by atoms with van der Waals surface area (Å²) in [5.41, 5.74) is 2.21. The van der Waals surface area contributed by atoms with Crippen molar-refractivity contribution in [1.82, 2.24) is 33.6 Å². The van der Waals surface area contributed by atoms with Crippen molar-refractivity contribution in [1.29, 1.82) is 0 Å². The molecule has 2 aromatic carbocycles. The van der Waals surface area contributed by atoms with Gasteiger partial charge < -0.3 is 9.47 Å². The molecule has 38 heavy (non-hydrogen) atoms. The summed E-state index contributed by atoms with van der Waals surface area (Å²) in [6, 6.07) is 18.2. The van der Waals surface area contributed by atoms with Crippen LogP contribution in [0, 0.1) is 0 Å². The van der Waals surface area contributed by atoms with E-state index in [2.05, 4.69) is 20.9 Å². The molecule has 1 aliphatic rings. The summed E-state index contributed by atoms with van der Waals surface area (Å²) in [5, 5.41) is 1.06. The SMILES string of the molecule is Cn1cnc2c1c(=O)n(CCCN1CCN(c3nc(-c4ccccc4)nc4ccccc34)CC1)c(=O)n2C. The molecule has 0 bridgehead atoms. The van der Waals surface area contributed by atoms with Crippen molar-refractivity contribution in [2.75, 3.05) is 37.6 Å². The minimum Gasteiger partial charge on any atom is -0.353 e. The van der Waals surface area contributed by atoms with Crippen molar-refractivity contribution in [3.63, 3.8) is 0 Å². The molecule has 0 N–H and O–H groups in total. The van der Waals surface area contributed by atoms with Gasteiger partial charge in [-0.2, -0.15) is 0 Å². The molecular weight excluding hydrogens is 480 g/mol. The van der Waals surface area contributed by atoms with Crippen LogP contribution in [0.3, 0.4) is 0 Å². The van der Waals surface area contributed by atoms with Crippen LogP contribution in [-0.4, -0.2) is 66.3 Å². The molecule has 4 heterocycles. The van der Waals surface area contributed by atoms with Crippen LogP contribution in [0.25, 0.3) is 33.5 Å². The predicted octanol–water partition coefficient (Wildman–Crippen LogP) is 2.26. The molecule has 6 rings (SSSR count). The number of hydrogen-bond acceptors (Lipinski definition) is 7. The van der Waals surface area contributed by atoms with Crippen LogP contribution >= 0.6 is 0 Å². The van der Waals surface area contributed by atoms with E-state index in [1.165, 1.54) is 9.13 Å². The van der Waals surface area contributed by atoms with Crippen LogP contribution < -0.4 is 16.1 Å². The van der Waals surface area contributed by atoms with Crippen LogP contribution in [-0.2, 0) is 20.6 Å². The first-order valence-electron chi connectivity index (χ1n) is 12.9. The number of piperazine rings is 1. The fourth-order valence-electron chi connectivity index (χ4n) is 5.25. The molecule has 0 aliphatic carbocycles. The second-order valence-corrected chi connectivity index (χ2v) is 9.76. The topological polar surface area (TPSA) is 94.1 Å². The zero-order valence-electron chi connectivity index (χ0n) is 21.6. The number of anilines is 1. The van der Waals surface area contributed by atoms with E-state index in [1.807, 2.05) is 48.5 Å². The lowest BCUT2D eigenvalue weighted by atomic mass is 10.1. The Labute approximate surface area is 219 Å². The van der Waals surface area contributed by atoms with E-state index < -0.39 is 0 Å². The molecule has 10 nitrogen and oxygen atoms in total. The van der Waals surface area contributed by atoms with E-state index >= 15 is 0 Å². The van der Waals surface area contributed by atoms with E-state index in [0.717, 1.165) is 60.8 Å². The Morgan fingerprint density at radius 1 is 0.842 bits per heavy atom. The number of imidazole rings is 1. The van der Waals surface area contributed by atoms with E-state index in [4.69, 9.17) is 9.97 Å². The lowest BCUT2D eigenvalue weighted by Gasteiger charge is -2.36. The Morgan fingerprint density at radius 3 is 2.37 bits per heavy atom. The summed E-state index contributed by atoms with van der Waals surface area (Å²) >= 11 is 0. The number of nitrogens with zero attached hydrogens (tertiary/aromatic N) is 8. The summed E-state index contributed by atoms with van der Waals surface area (Å²) in [6.07, 6.45) is 2.28. The van der Waals surface area contributed by atoms with Gasteiger partial charge in [-0.15, -0.1) is 0 Å². The number of aromatic nitrogens is 6. The van der Waals surface area contributed by atoms with Gasteiger partial charge >= 0.3 is 5.69 Å². The summed E-state index contributed by atoms with van der Waals surface area (Å²) in [5.74, 6) is 1.70. The zero-order chi connectivity index (χ0) is 26.2. The van der Waals surface area contributed by atoms with Crippen LogP contribution in [0.1, 0.15) is 6.42 Å². The van der Waals surface area contributed by atoms with Gasteiger partial charge in [0.1, 0.15) is 5.82 Å². The van der Waals surface area contributed by atoms with Crippen LogP contribution in [0.4, 0.5) is 5.82 Å². The van der Waals surface area contributed by atoms with Gasteiger partial charge in [0, 0.05) is 57.8 Å². The first-order valence-corrected chi connectivity index (χ1v) is 12.9. The molecule has 0 saturated carbocycles. The third-order valence-corrected chi connectivity index (χ3v) is 7.34. The van der Waals surface area contributed by atoms with Crippen LogP contribution in [0.5, 0.6) is 0 Å². The zero-order valence-corrected chi connectivity index (χ0v) is 21.6. The van der Waals surface area contributed by atoms with Crippen molar-refractivity contribution >= 4 is 27.9 Å². The van der Waals surface area contributed by atoms with Crippen molar-refractivity contribution in [3.05, 3.63) is 81.8 Å². The third kappa shape index (κ3) is 4.26. The Bertz CT molecular complexity index is 1730. The highest BCUT2D eigenvalue weighted by Crippen LogP contribution is 2.28. The number of rotatable bonds is 6. The van der Waals surface area contributed by atoms with E-state index in [0.29, 0.717) is 24.1 Å². The van der Waals surface area contributed by atoms with Crippen LogP contribution in [0.15, 0.2) is 70.5 Å². The average molecular weight is 511 g/mol. The highest BCUT2D eigenvalue weighted by atomic mass is 16.2. The molecule has 1 saturated heterocycles. The van der Waals surface area contributed by atoms with Gasteiger partial charge in [0.15, 0.2) is 17.0 Å². The maximum absolute atomic E-state index is 13.0. The molecule has 3 aromatic heterocycles. The van der Waals surface area contributed by atoms with Crippen molar-refractivity contribution in [2.24, 2.45) is 14.1 Å². The molecule has 194 valence electrons. The highest BCUT2D eigenvalue weighted by Gasteiger charge is 2.21. The molecule has 10 heteroatoms. The minimum absolute atomic E-state index is 0.280. The van der Waals surface area contributed by atoms with Gasteiger partial charge in [-0.3, -0.25) is 18.8 Å². The maximum Gasteiger partial charge on any atom is 0.332 e. The van der Waals surface area contributed by atoms with Gasteiger partial charge in [-0.05, 0) is 25.1 Å². The quantitative estimate of drug-likeness (QED) is 0.346. The number of hydrogen-bond donors (Lipinski definition) is 0. The monoisotopic (exact) mass is 510 g/mol. The smallest absolute Gasteiger partial charge is 0.332 e. The third-order valence-electron chi connectivity index (χ3n) is 7.34. The first-order chi connectivity index (χ1) is 18.5. The number of fused-ring (bicyclic) bond motifs is 2. The largest absolute Gasteiger partial charge is 0.353 e. The second-order valence-electron chi connectivity index (χ2n) is 9.76. The van der Waals surface area contributed by atoms with Crippen LogP contribution in [0.2, 0.25) is 0 Å². The molecular formula is C28H30N8O2. The maximum atomic E-state index is 13.0. The highest BCUT2D eigenvalue weighted by molar-refractivity contribution is 5.91. The standard InChI is InChI=1S/C28H30N8O2/c1-32-19-29-26-23(32)27(37)36(28(38)33(26)2)14-8-13-34-15-17-35(18-16-34)25-21-11-6-7-12-22(21)30-24(31-25)20-9-4-3-5-10-20/h3-7,9-12,19H,8,13-18H2,1-2H3. The number of benzene rings is 2. The Kier molecular flexibility index (Phi) is 6.24. The Balaban J connectivity index is 1.15. The molecule has 0 radical (unpaired) electrons. The van der Waals surface area contributed by atoms with Crippen molar-refractivity contribution in [3.8, 4) is 11.4 Å². The van der Waals surface area contributed by atoms with Gasteiger partial charge in [0.2, 0.25) is 0 Å². The fraction of sp³-hybridized carbons (Fsp3) is 0.321. The first kappa shape index (κ1) is 24.1. The summed E-state index contributed by atoms with van der Waals surface area (Å²) < 4.78 is 4.45. The molecule has 5 aromatic rings. The van der Waals surface area contributed by atoms with E-state index in [-0.39, 0.29) is 11.2 Å². The summed E-state index contributed by atoms with van der Waals surface area (Å²) in [4.78, 5) is 44.5. The lowest BCUT2D eigenvalue weighted by molar-refractivity contribution is 0.249. The van der Waals surface area contributed by atoms with E-state index in [9.17, 15) is 9.59 Å². The summed E-state index contributed by atoms with van der Waals surface area (Å²) in [6.45, 7) is 4.64. The Hall–Kier alpha value is -4.31. The van der Waals surface area contributed by atoms with E-state index in [1.54, 1.807) is 25.0 Å². The molecule has 0 atom stereocenters. The molecule has 0 amide bonds. The number of para-hydroxylation sites is 1. The molecule has 0 unspecified atom stereocenters. The molecule has 1 aliphatic heterocycles. The van der Waals surface area contributed by atoms with Crippen molar-refractivity contribution < 1.29 is 0 Å². The second kappa shape index (κ2) is 9.86. The number of aryl methyl sites for hydroxylation is 2. The lowest BCUT2D eigenvalue weighted by Crippen LogP contribution is -2.47. The fourth-order valence-corrected chi connectivity index (χ4v) is 5.25. The normalized spacial score (nSPS) is 14.5. The van der Waals surface area contributed by atoms with Gasteiger partial charge in [0.05, 0.1) is 11.8 Å². The summed E-state index contributed by atoms with van der Waals surface area (Å²) in [7, 11) is 3.43.